The van der Waals surface area contributed by atoms with Gasteiger partial charge in [0.05, 0.1) is 40.6 Å². The molecule has 0 bridgehead atoms. The lowest BCUT2D eigenvalue weighted by Crippen LogP contribution is -2.63. The zero-order valence-electron chi connectivity index (χ0n) is 59.2. The lowest BCUT2D eigenvalue weighted by molar-refractivity contribution is -0.146. The van der Waals surface area contributed by atoms with Crippen LogP contribution in [0, 0.1) is 35.5 Å². The molecular formula is C64H114N10O18. The van der Waals surface area contributed by atoms with Gasteiger partial charge in [0.2, 0.25) is 47.3 Å². The predicted molar refractivity (Wildman–Crippen MR) is 345 cm³/mol. The molecule has 0 heterocycles. The van der Waals surface area contributed by atoms with Crippen LogP contribution in [0.25, 0.3) is 0 Å². The van der Waals surface area contributed by atoms with Gasteiger partial charge in [-0.2, -0.15) is 0 Å². The van der Waals surface area contributed by atoms with Crippen LogP contribution in [-0.2, 0) is 76.4 Å². The third kappa shape index (κ3) is 34.0. The zero-order valence-corrected chi connectivity index (χ0v) is 59.2. The molecule has 0 aliphatic rings. The smallest absolute Gasteiger partial charge is 0.408 e. The van der Waals surface area contributed by atoms with Crippen molar-refractivity contribution in [1.29, 1.82) is 0 Å². The van der Waals surface area contributed by atoms with Crippen LogP contribution in [0.5, 0.6) is 0 Å². The molecule has 8 atom stereocenters. The van der Waals surface area contributed by atoms with Crippen molar-refractivity contribution in [3.8, 4) is 0 Å². The Morgan fingerprint density at radius 1 is 0.348 bits per heavy atom. The first-order valence-electron chi connectivity index (χ1n) is 31.6. The highest BCUT2D eigenvalue weighted by Crippen LogP contribution is 2.17. The normalized spacial score (nSPS) is 14.8. The summed E-state index contributed by atoms with van der Waals surface area (Å²) in [5, 5.41) is 26.4. The van der Waals surface area contributed by atoms with Crippen molar-refractivity contribution in [3.05, 3.63) is 12.2 Å². The zero-order chi connectivity index (χ0) is 71.4. The Bertz CT molecular complexity index is 2320. The number of hydrogen-bond donors (Lipinski definition) is 10. The summed E-state index contributed by atoms with van der Waals surface area (Å²) in [4.78, 5) is 163. The second-order valence-electron chi connectivity index (χ2n) is 28.4. The molecule has 0 rings (SSSR count). The largest absolute Gasteiger partial charge is 0.467 e. The lowest BCUT2D eigenvalue weighted by Gasteiger charge is -2.32. The summed E-state index contributed by atoms with van der Waals surface area (Å²) in [7, 11) is 2.33. The molecule has 10 amide bonds. The summed E-state index contributed by atoms with van der Waals surface area (Å²) in [6, 6.07) is -9.86. The number of alkyl carbamates (subject to hydrolysis) is 2. The van der Waals surface area contributed by atoms with Crippen molar-refractivity contribution >= 4 is 71.4 Å². The van der Waals surface area contributed by atoms with Gasteiger partial charge >= 0.3 is 24.1 Å². The Morgan fingerprint density at radius 3 is 0.870 bits per heavy atom. The van der Waals surface area contributed by atoms with Crippen molar-refractivity contribution in [2.75, 3.05) is 40.6 Å². The standard InChI is InChI=1S/C64H114N10O18/c1-35(2)29-41(69-59(85)91-61(13,14)15)51(77)73-63(19,20)57(83)71-47(39(9)10)53(79)67-45(49(75)65-43(31-37(5)6)55(81)87-23)33-89-27-25-26-28-90-34-46(50(76)66-44(32-38(7)8)56(82)88-24)68-54(80)48(40(11)12)72-58(84)64(21,22)74-52(78)42(30-36(3)4)70-60(86)92-62(16,17)18/h25-26,35-48H,27-34H2,1-24H3,(H,65,75)(H,66,76)(H,67,79)(H,68,80)(H,69,85)(H,70,86)(H,71,83)(H,72,84)(H,73,77)(H,74,78)/b26-25+/t41-,42-,43-,44-,45-,46-,47-,48-/m0/s1. The number of amides is 10. The quantitative estimate of drug-likeness (QED) is 0.0181. The van der Waals surface area contributed by atoms with Gasteiger partial charge in [-0.3, -0.25) is 38.4 Å². The van der Waals surface area contributed by atoms with Gasteiger partial charge in [0, 0.05) is 0 Å². The summed E-state index contributed by atoms with van der Waals surface area (Å²) >= 11 is 0. The number of carbonyl (C=O) groups excluding carboxylic acids is 12. The number of rotatable bonds is 38. The van der Waals surface area contributed by atoms with Crippen LogP contribution in [0.2, 0.25) is 0 Å². The highest BCUT2D eigenvalue weighted by Gasteiger charge is 2.40. The van der Waals surface area contributed by atoms with Crippen molar-refractivity contribution in [2.24, 2.45) is 35.5 Å². The van der Waals surface area contributed by atoms with E-state index in [0.29, 0.717) is 0 Å². The molecule has 0 unspecified atom stereocenters. The van der Waals surface area contributed by atoms with Crippen molar-refractivity contribution in [2.45, 2.75) is 249 Å². The maximum absolute atomic E-state index is 14.2. The van der Waals surface area contributed by atoms with Crippen LogP contribution in [0.15, 0.2) is 12.2 Å². The maximum Gasteiger partial charge on any atom is 0.408 e. The van der Waals surface area contributed by atoms with Gasteiger partial charge in [0.1, 0.15) is 70.6 Å². The second kappa shape index (κ2) is 39.4. The van der Waals surface area contributed by atoms with Crippen LogP contribution in [0.1, 0.15) is 178 Å². The van der Waals surface area contributed by atoms with Gasteiger partial charge < -0.3 is 81.6 Å². The fraction of sp³-hybridized carbons (Fsp3) is 0.781. The fourth-order valence-corrected chi connectivity index (χ4v) is 8.66. The Morgan fingerprint density at radius 2 is 0.620 bits per heavy atom. The number of methoxy groups -OCH3 is 2. The third-order valence-corrected chi connectivity index (χ3v) is 13.4. The minimum atomic E-state index is -1.64. The van der Waals surface area contributed by atoms with Crippen LogP contribution in [-0.4, -0.2) is 183 Å². The Labute approximate surface area is 545 Å². The lowest BCUT2D eigenvalue weighted by atomic mass is 9.97. The molecule has 0 aliphatic heterocycles. The van der Waals surface area contributed by atoms with Gasteiger partial charge in [-0.05, 0) is 130 Å². The molecule has 0 saturated carbocycles. The summed E-state index contributed by atoms with van der Waals surface area (Å²) in [5.74, 6) is -9.03. The van der Waals surface area contributed by atoms with E-state index in [1.54, 1.807) is 69.2 Å². The maximum atomic E-state index is 14.2. The first-order chi connectivity index (χ1) is 42.2. The van der Waals surface area contributed by atoms with E-state index in [1.807, 2.05) is 55.4 Å². The number of esters is 2. The molecule has 0 aromatic rings. The van der Waals surface area contributed by atoms with Crippen LogP contribution in [0.4, 0.5) is 9.59 Å². The predicted octanol–water partition coefficient (Wildman–Crippen LogP) is 3.90. The fourth-order valence-electron chi connectivity index (χ4n) is 8.66. The number of ether oxygens (including phenoxy) is 6. The molecule has 0 fully saturated rings. The van der Waals surface area contributed by atoms with Gasteiger partial charge in [-0.25, -0.2) is 19.2 Å². The SMILES string of the molecule is COC(=O)[C@H](CC(C)C)NC(=O)[C@H](COC/C=C/COC[C@H](NC(=O)[C@@H](NC(=O)C(C)(C)NC(=O)[C@H](CC(C)C)NC(=O)OC(C)(C)C)C(C)C)C(=O)N[C@@H](CC(C)C)C(=O)OC)NC(=O)[C@@H](NC(=O)C(C)(C)NC(=O)[C@H](CC(C)C)NC(=O)OC(C)(C)C)C(C)C. The van der Waals surface area contributed by atoms with Gasteiger partial charge in [0.15, 0.2) is 0 Å². The van der Waals surface area contributed by atoms with Gasteiger partial charge in [0.25, 0.3) is 0 Å². The molecule has 28 heteroatoms. The van der Waals surface area contributed by atoms with Crippen molar-refractivity contribution < 1.29 is 86.0 Å². The van der Waals surface area contributed by atoms with Gasteiger partial charge in [-0.15, -0.1) is 0 Å². The number of carbonyl (C=O) groups is 12. The molecule has 0 saturated heterocycles. The number of nitrogens with one attached hydrogen (secondary N) is 10. The molecule has 10 N–H and O–H groups in total. The van der Waals surface area contributed by atoms with Crippen molar-refractivity contribution in [1.82, 2.24) is 53.2 Å². The first-order valence-corrected chi connectivity index (χ1v) is 31.6. The topological polar surface area (TPSA) is 381 Å². The summed E-state index contributed by atoms with van der Waals surface area (Å²) in [6.07, 6.45) is 2.14. The Hall–Kier alpha value is -7.10. The Balaban J connectivity index is 6.70. The van der Waals surface area contributed by atoms with Crippen LogP contribution in [0.3, 0.4) is 0 Å². The van der Waals surface area contributed by atoms with E-state index < -0.39 is 167 Å². The number of hydrogen-bond acceptors (Lipinski definition) is 18. The van der Waals surface area contributed by atoms with E-state index >= 15 is 0 Å². The van der Waals surface area contributed by atoms with E-state index in [1.165, 1.54) is 54.1 Å². The molecular weight excluding hydrogens is 1200 g/mol. The van der Waals surface area contributed by atoms with E-state index in [-0.39, 0.29) is 62.6 Å². The van der Waals surface area contributed by atoms with Crippen molar-refractivity contribution in [3.63, 3.8) is 0 Å². The monoisotopic (exact) mass is 1310 g/mol. The molecule has 28 nitrogen and oxygen atoms in total. The molecule has 0 aliphatic carbocycles. The Kier molecular flexibility index (Phi) is 36.4. The average molecular weight is 1310 g/mol. The van der Waals surface area contributed by atoms with Crippen LogP contribution < -0.4 is 53.2 Å². The average Bonchev–Trinajstić information content (AvgIpc) is 0.896. The molecule has 0 aromatic heterocycles. The molecule has 0 radical (unpaired) electrons. The molecule has 0 spiro atoms. The third-order valence-electron chi connectivity index (χ3n) is 13.4. The van der Waals surface area contributed by atoms with Gasteiger partial charge in [-0.1, -0.05) is 95.2 Å². The molecule has 92 heavy (non-hydrogen) atoms. The summed E-state index contributed by atoms with van der Waals surface area (Å²) in [6.45, 7) is 35.8. The first kappa shape index (κ1) is 84.9. The summed E-state index contributed by atoms with van der Waals surface area (Å²) in [5.41, 5.74) is -4.97. The van der Waals surface area contributed by atoms with E-state index in [0.717, 1.165) is 0 Å². The van der Waals surface area contributed by atoms with E-state index in [9.17, 15) is 57.5 Å². The second-order valence-corrected chi connectivity index (χ2v) is 28.4. The molecule has 528 valence electrons. The van der Waals surface area contributed by atoms with E-state index in [2.05, 4.69) is 53.2 Å². The van der Waals surface area contributed by atoms with E-state index in [4.69, 9.17) is 28.4 Å². The molecule has 0 aromatic carbocycles. The highest BCUT2D eigenvalue weighted by atomic mass is 16.6. The highest BCUT2D eigenvalue weighted by molar-refractivity contribution is 5.99. The minimum Gasteiger partial charge on any atom is -0.467 e. The van der Waals surface area contributed by atoms with Crippen LogP contribution >= 0.6 is 0 Å². The summed E-state index contributed by atoms with van der Waals surface area (Å²) < 4.78 is 32.3. The minimum absolute atomic E-state index is 0.0504.